The van der Waals surface area contributed by atoms with Crippen molar-refractivity contribution in [3.63, 3.8) is 0 Å². The molecule has 2 aromatic rings. The molecule has 4 heterocycles. The first-order valence-corrected chi connectivity index (χ1v) is 12.1. The minimum absolute atomic E-state index is 0.0553. The van der Waals surface area contributed by atoms with Gasteiger partial charge in [0.2, 0.25) is 0 Å². The lowest BCUT2D eigenvalue weighted by atomic mass is 9.94. The van der Waals surface area contributed by atoms with Crippen LogP contribution in [0.5, 0.6) is 0 Å². The number of ether oxygens (including phenoxy) is 1. The Morgan fingerprint density at radius 3 is 2.78 bits per heavy atom. The van der Waals surface area contributed by atoms with Crippen LogP contribution in [0.2, 0.25) is 0 Å². The van der Waals surface area contributed by atoms with Crippen molar-refractivity contribution in [3.05, 3.63) is 23.7 Å². The summed E-state index contributed by atoms with van der Waals surface area (Å²) in [6, 6.07) is 2.07. The first kappa shape index (κ1) is 19.0. The van der Waals surface area contributed by atoms with Gasteiger partial charge >= 0.3 is 0 Å². The highest BCUT2D eigenvalue weighted by molar-refractivity contribution is 7.92. The van der Waals surface area contributed by atoms with E-state index in [4.69, 9.17) is 4.74 Å². The molecular weight excluding hydrogens is 386 g/mol. The third kappa shape index (κ3) is 4.23. The fraction of sp³-hybridized carbons (Fsp3) is 0.706. The first-order valence-electron chi connectivity index (χ1n) is 9.41. The Morgan fingerprint density at radius 2 is 2.07 bits per heavy atom. The predicted octanol–water partition coefficient (Wildman–Crippen LogP) is 2.22. The fourth-order valence-electron chi connectivity index (χ4n) is 3.93. The Kier molecular flexibility index (Phi) is 5.58. The molecule has 0 bridgehead atoms. The lowest BCUT2D eigenvalue weighted by Crippen LogP contribution is -2.34. The SMILES string of the molecule is CS(=O)(=O)c1snnc1C1CCN(Cc2ccnn2C2CCCCO2)CC1. The molecule has 8 nitrogen and oxygen atoms in total. The highest BCUT2D eigenvalue weighted by atomic mass is 32.2. The normalized spacial score (nSPS) is 22.9. The van der Waals surface area contributed by atoms with Gasteiger partial charge in [0, 0.05) is 43.1 Å². The molecule has 2 aliphatic rings. The van der Waals surface area contributed by atoms with Gasteiger partial charge in [0.05, 0.1) is 11.4 Å². The molecule has 1 atom stereocenters. The number of sulfone groups is 1. The fourth-order valence-corrected chi connectivity index (χ4v) is 5.66. The minimum atomic E-state index is -3.26. The van der Waals surface area contributed by atoms with Crippen LogP contribution >= 0.6 is 11.5 Å². The smallest absolute Gasteiger partial charge is 0.188 e. The predicted molar refractivity (Wildman–Crippen MR) is 101 cm³/mol. The third-order valence-corrected chi connectivity index (χ3v) is 7.91. The van der Waals surface area contributed by atoms with Crippen molar-refractivity contribution < 1.29 is 13.2 Å². The summed E-state index contributed by atoms with van der Waals surface area (Å²) in [6.45, 7) is 3.45. The van der Waals surface area contributed by atoms with E-state index in [0.29, 0.717) is 9.90 Å². The molecular formula is C17H25N5O3S2. The molecule has 4 rings (SSSR count). The van der Waals surface area contributed by atoms with Gasteiger partial charge in [-0.05, 0) is 51.3 Å². The number of hydrogen-bond acceptors (Lipinski definition) is 8. The van der Waals surface area contributed by atoms with Gasteiger partial charge < -0.3 is 4.74 Å². The van der Waals surface area contributed by atoms with Crippen molar-refractivity contribution in [2.45, 2.75) is 55.0 Å². The van der Waals surface area contributed by atoms with Gasteiger partial charge in [0.25, 0.3) is 0 Å². The summed E-state index contributed by atoms with van der Waals surface area (Å²) in [7, 11) is -3.26. The molecule has 0 aromatic carbocycles. The van der Waals surface area contributed by atoms with E-state index in [1.54, 1.807) is 0 Å². The summed E-state index contributed by atoms with van der Waals surface area (Å²) in [4.78, 5) is 2.40. The molecule has 27 heavy (non-hydrogen) atoms. The largest absolute Gasteiger partial charge is 0.357 e. The van der Waals surface area contributed by atoms with Crippen molar-refractivity contribution in [1.29, 1.82) is 0 Å². The zero-order valence-corrected chi connectivity index (χ0v) is 17.1. The topological polar surface area (TPSA) is 90.2 Å². The van der Waals surface area contributed by atoms with Crippen molar-refractivity contribution in [2.24, 2.45) is 0 Å². The van der Waals surface area contributed by atoms with Crippen LogP contribution in [0.25, 0.3) is 0 Å². The monoisotopic (exact) mass is 411 g/mol. The van der Waals surface area contributed by atoms with E-state index in [0.717, 1.165) is 63.5 Å². The summed E-state index contributed by atoms with van der Waals surface area (Å²) in [5, 5.41) is 8.60. The Labute approximate surface area is 163 Å². The van der Waals surface area contributed by atoms with E-state index in [2.05, 4.69) is 25.7 Å². The van der Waals surface area contributed by atoms with Crippen molar-refractivity contribution in [2.75, 3.05) is 26.0 Å². The average molecular weight is 412 g/mol. The standard InChI is InChI=1S/C17H25N5O3S2/c1-27(23,24)17-16(19-20-26-17)13-6-9-21(10-7-13)12-14-5-8-18-22(14)15-4-2-3-11-25-15/h5,8,13,15H,2-4,6-7,9-12H2,1H3. The van der Waals surface area contributed by atoms with Gasteiger partial charge in [-0.3, -0.25) is 4.90 Å². The molecule has 0 N–H and O–H groups in total. The van der Waals surface area contributed by atoms with E-state index in [-0.39, 0.29) is 12.1 Å². The highest BCUT2D eigenvalue weighted by Gasteiger charge is 2.29. The van der Waals surface area contributed by atoms with Crippen molar-refractivity contribution >= 4 is 21.4 Å². The molecule has 0 spiro atoms. The van der Waals surface area contributed by atoms with Gasteiger partial charge in [0.15, 0.2) is 20.3 Å². The number of piperidine rings is 1. The highest BCUT2D eigenvalue weighted by Crippen LogP contribution is 2.33. The van der Waals surface area contributed by atoms with Crippen molar-refractivity contribution in [1.82, 2.24) is 24.3 Å². The van der Waals surface area contributed by atoms with Crippen LogP contribution in [-0.4, -0.2) is 58.6 Å². The third-order valence-electron chi connectivity index (χ3n) is 5.36. The van der Waals surface area contributed by atoms with Crippen molar-refractivity contribution in [3.8, 4) is 0 Å². The molecule has 1 unspecified atom stereocenters. The summed E-state index contributed by atoms with van der Waals surface area (Å²) >= 11 is 0.984. The summed E-state index contributed by atoms with van der Waals surface area (Å²) in [5.41, 5.74) is 1.83. The molecule has 2 fully saturated rings. The maximum absolute atomic E-state index is 11.9. The summed E-state index contributed by atoms with van der Waals surface area (Å²) in [5.74, 6) is 0.163. The summed E-state index contributed by atoms with van der Waals surface area (Å²) < 4.78 is 35.9. The van der Waals surface area contributed by atoms with Gasteiger partial charge in [-0.2, -0.15) is 5.10 Å². The van der Waals surface area contributed by atoms with Crippen LogP contribution in [0, 0.1) is 0 Å². The zero-order valence-electron chi connectivity index (χ0n) is 15.5. The molecule has 10 heteroatoms. The van der Waals surface area contributed by atoms with Crippen LogP contribution in [-0.2, 0) is 21.1 Å². The van der Waals surface area contributed by atoms with E-state index in [1.165, 1.54) is 18.4 Å². The molecule has 2 saturated heterocycles. The van der Waals surface area contributed by atoms with E-state index < -0.39 is 9.84 Å². The Hall–Kier alpha value is -1.36. The first-order chi connectivity index (χ1) is 13.0. The quantitative estimate of drug-likeness (QED) is 0.745. The second-order valence-electron chi connectivity index (χ2n) is 7.36. The Bertz CT molecular complexity index is 865. The molecule has 0 saturated carbocycles. The summed E-state index contributed by atoms with van der Waals surface area (Å²) in [6.07, 6.45) is 8.24. The number of nitrogens with zero attached hydrogens (tertiary/aromatic N) is 5. The van der Waals surface area contributed by atoms with E-state index in [1.807, 2.05) is 10.9 Å². The second kappa shape index (κ2) is 7.94. The van der Waals surface area contributed by atoms with Crippen LogP contribution < -0.4 is 0 Å². The van der Waals surface area contributed by atoms with Gasteiger partial charge in [-0.15, -0.1) is 5.10 Å². The van der Waals surface area contributed by atoms with Crippen LogP contribution in [0.1, 0.15) is 55.6 Å². The molecule has 2 aliphatic heterocycles. The number of likely N-dealkylation sites (tertiary alicyclic amines) is 1. The molecule has 0 amide bonds. The zero-order chi connectivity index (χ0) is 18.9. The van der Waals surface area contributed by atoms with Crippen LogP contribution in [0.15, 0.2) is 16.5 Å². The number of hydrogen-bond donors (Lipinski definition) is 0. The van der Waals surface area contributed by atoms with Gasteiger partial charge in [-0.25, -0.2) is 13.1 Å². The van der Waals surface area contributed by atoms with Gasteiger partial charge in [0.1, 0.15) is 0 Å². The number of aromatic nitrogens is 4. The lowest BCUT2D eigenvalue weighted by molar-refractivity contribution is -0.0422. The van der Waals surface area contributed by atoms with E-state index in [9.17, 15) is 8.42 Å². The molecule has 148 valence electrons. The van der Waals surface area contributed by atoms with E-state index >= 15 is 0 Å². The molecule has 0 radical (unpaired) electrons. The Balaban J connectivity index is 1.38. The molecule has 0 aliphatic carbocycles. The average Bonchev–Trinajstić information content (AvgIpc) is 3.32. The van der Waals surface area contributed by atoms with Gasteiger partial charge in [-0.1, -0.05) is 4.49 Å². The maximum Gasteiger partial charge on any atom is 0.188 e. The lowest BCUT2D eigenvalue weighted by Gasteiger charge is -2.32. The minimum Gasteiger partial charge on any atom is -0.357 e. The van der Waals surface area contributed by atoms with Crippen LogP contribution in [0.3, 0.4) is 0 Å². The maximum atomic E-state index is 11.9. The number of rotatable bonds is 5. The molecule has 2 aromatic heterocycles. The van der Waals surface area contributed by atoms with Crippen LogP contribution in [0.4, 0.5) is 0 Å². The Morgan fingerprint density at radius 1 is 1.26 bits per heavy atom. The second-order valence-corrected chi connectivity index (χ2v) is 10.3.